The Morgan fingerprint density at radius 2 is 1.75 bits per heavy atom. The Balaban J connectivity index is 1.84. The third kappa shape index (κ3) is 3.51. The number of hydrogen-bond donors (Lipinski definition) is 2. The molecule has 1 fully saturated rings. The maximum absolute atomic E-state index is 11.3. The predicted octanol–water partition coefficient (Wildman–Crippen LogP) is 1.71. The Bertz CT molecular complexity index is 736. The van der Waals surface area contributed by atoms with Crippen molar-refractivity contribution < 1.29 is 4.79 Å². The van der Waals surface area contributed by atoms with Crippen molar-refractivity contribution in [3.63, 3.8) is 0 Å². The fourth-order valence-electron chi connectivity index (χ4n) is 3.13. The smallest absolute Gasteiger partial charge is 0.248 e. The number of anilines is 2. The fourth-order valence-corrected chi connectivity index (χ4v) is 3.13. The van der Waals surface area contributed by atoms with Gasteiger partial charge in [0.25, 0.3) is 0 Å². The van der Waals surface area contributed by atoms with Crippen molar-refractivity contribution in [2.45, 2.75) is 6.42 Å². The number of nitrogens with zero attached hydrogens (tertiary/aromatic N) is 2. The Labute approximate surface area is 142 Å². The van der Waals surface area contributed by atoms with Crippen molar-refractivity contribution in [1.29, 1.82) is 0 Å². The minimum Gasteiger partial charge on any atom is -0.398 e. The van der Waals surface area contributed by atoms with Crippen LogP contribution in [0.25, 0.3) is 0 Å². The molecule has 0 spiro atoms. The van der Waals surface area contributed by atoms with Gasteiger partial charge in [0, 0.05) is 49.5 Å². The van der Waals surface area contributed by atoms with Crippen molar-refractivity contribution in [3.8, 4) is 0 Å². The number of benzene rings is 2. The molecule has 0 aliphatic carbocycles. The molecule has 1 heterocycles. The van der Waals surface area contributed by atoms with Crippen molar-refractivity contribution in [3.05, 3.63) is 59.2 Å². The van der Waals surface area contributed by atoms with Crippen molar-refractivity contribution in [2.24, 2.45) is 5.73 Å². The Kier molecular flexibility index (Phi) is 4.71. The van der Waals surface area contributed by atoms with E-state index in [9.17, 15) is 4.79 Å². The van der Waals surface area contributed by atoms with E-state index in [0.29, 0.717) is 11.3 Å². The lowest BCUT2D eigenvalue weighted by molar-refractivity contribution is 0.100. The van der Waals surface area contributed by atoms with E-state index in [-0.39, 0.29) is 0 Å². The number of piperazine rings is 1. The minimum atomic E-state index is -0.453. The zero-order valence-electron chi connectivity index (χ0n) is 14.0. The zero-order valence-corrected chi connectivity index (χ0v) is 14.0. The number of rotatable bonds is 4. The summed E-state index contributed by atoms with van der Waals surface area (Å²) in [6.45, 7) is 4.21. The minimum absolute atomic E-state index is 0.448. The molecule has 2 aromatic carbocycles. The van der Waals surface area contributed by atoms with Gasteiger partial charge in [-0.3, -0.25) is 4.79 Å². The first-order valence-electron chi connectivity index (χ1n) is 8.24. The molecule has 24 heavy (non-hydrogen) atoms. The quantitative estimate of drug-likeness (QED) is 0.840. The summed E-state index contributed by atoms with van der Waals surface area (Å²) >= 11 is 0. The summed E-state index contributed by atoms with van der Waals surface area (Å²) in [4.78, 5) is 16.0. The van der Waals surface area contributed by atoms with Crippen LogP contribution in [0.4, 0.5) is 11.4 Å². The van der Waals surface area contributed by atoms with Crippen LogP contribution in [0.3, 0.4) is 0 Å². The van der Waals surface area contributed by atoms with E-state index in [0.717, 1.165) is 38.2 Å². The first kappa shape index (κ1) is 16.3. The van der Waals surface area contributed by atoms with Crippen molar-refractivity contribution >= 4 is 17.3 Å². The average Bonchev–Trinajstić information content (AvgIpc) is 2.58. The summed E-state index contributed by atoms with van der Waals surface area (Å²) in [5.74, 6) is -0.453. The normalized spacial score (nSPS) is 15.5. The van der Waals surface area contributed by atoms with E-state index in [2.05, 4.69) is 41.1 Å². The number of likely N-dealkylation sites (N-methyl/N-ethyl adjacent to an activating group) is 1. The summed E-state index contributed by atoms with van der Waals surface area (Å²) in [6.07, 6.45) is 0.743. The molecular weight excluding hydrogens is 300 g/mol. The molecular formula is C19H24N4O. The molecule has 1 aliphatic rings. The first-order chi connectivity index (χ1) is 11.5. The van der Waals surface area contributed by atoms with Gasteiger partial charge in [0.15, 0.2) is 0 Å². The predicted molar refractivity (Wildman–Crippen MR) is 98.3 cm³/mol. The summed E-state index contributed by atoms with van der Waals surface area (Å²) in [5.41, 5.74) is 16.0. The molecule has 0 bridgehead atoms. The second kappa shape index (κ2) is 6.93. The highest BCUT2D eigenvalue weighted by atomic mass is 16.1. The van der Waals surface area contributed by atoms with Gasteiger partial charge in [-0.25, -0.2) is 0 Å². The Morgan fingerprint density at radius 1 is 1.04 bits per heavy atom. The molecule has 126 valence electrons. The molecule has 5 nitrogen and oxygen atoms in total. The number of para-hydroxylation sites is 1. The number of primary amides is 1. The van der Waals surface area contributed by atoms with Crippen LogP contribution < -0.4 is 16.4 Å². The summed E-state index contributed by atoms with van der Waals surface area (Å²) in [5, 5.41) is 0. The lowest BCUT2D eigenvalue weighted by Crippen LogP contribution is -2.44. The van der Waals surface area contributed by atoms with Crippen molar-refractivity contribution in [1.82, 2.24) is 4.90 Å². The monoisotopic (exact) mass is 324 g/mol. The maximum atomic E-state index is 11.3. The average molecular weight is 324 g/mol. The molecule has 3 rings (SSSR count). The Hall–Kier alpha value is -2.53. The molecule has 2 aromatic rings. The molecule has 5 heteroatoms. The van der Waals surface area contributed by atoms with E-state index in [4.69, 9.17) is 11.5 Å². The van der Waals surface area contributed by atoms with Gasteiger partial charge in [-0.1, -0.05) is 24.3 Å². The number of amides is 1. The van der Waals surface area contributed by atoms with Crippen LogP contribution in [0, 0.1) is 0 Å². The van der Waals surface area contributed by atoms with Gasteiger partial charge in [0.1, 0.15) is 0 Å². The first-order valence-corrected chi connectivity index (χ1v) is 8.24. The van der Waals surface area contributed by atoms with Gasteiger partial charge in [-0.05, 0) is 36.4 Å². The number of hydrogen-bond acceptors (Lipinski definition) is 4. The highest BCUT2D eigenvalue weighted by molar-refractivity contribution is 5.93. The highest BCUT2D eigenvalue weighted by Crippen LogP contribution is 2.26. The third-order valence-electron chi connectivity index (χ3n) is 4.65. The molecule has 0 atom stereocenters. The van der Waals surface area contributed by atoms with Crippen LogP contribution in [0.5, 0.6) is 0 Å². The van der Waals surface area contributed by atoms with Crippen molar-refractivity contribution in [2.75, 3.05) is 43.9 Å². The van der Waals surface area contributed by atoms with Crippen LogP contribution in [-0.4, -0.2) is 44.0 Å². The van der Waals surface area contributed by atoms with Gasteiger partial charge in [0.05, 0.1) is 0 Å². The van der Waals surface area contributed by atoms with Gasteiger partial charge < -0.3 is 21.3 Å². The number of nitrogen functional groups attached to an aromatic ring is 1. The molecule has 1 amide bonds. The van der Waals surface area contributed by atoms with Crippen LogP contribution in [0.2, 0.25) is 0 Å². The molecule has 0 aromatic heterocycles. The maximum Gasteiger partial charge on any atom is 0.248 e. The van der Waals surface area contributed by atoms with Gasteiger partial charge in [-0.15, -0.1) is 0 Å². The van der Waals surface area contributed by atoms with Crippen LogP contribution >= 0.6 is 0 Å². The molecule has 0 radical (unpaired) electrons. The van der Waals surface area contributed by atoms with E-state index >= 15 is 0 Å². The topological polar surface area (TPSA) is 75.6 Å². The summed E-state index contributed by atoms with van der Waals surface area (Å²) in [7, 11) is 2.16. The molecule has 1 saturated heterocycles. The van der Waals surface area contributed by atoms with Gasteiger partial charge in [0.2, 0.25) is 5.91 Å². The van der Waals surface area contributed by atoms with Crippen LogP contribution in [-0.2, 0) is 6.42 Å². The van der Waals surface area contributed by atoms with E-state index in [1.807, 2.05) is 6.07 Å². The molecule has 0 unspecified atom stereocenters. The van der Waals surface area contributed by atoms with E-state index < -0.39 is 5.91 Å². The lowest BCUT2D eigenvalue weighted by Gasteiger charge is -2.35. The Morgan fingerprint density at radius 3 is 2.42 bits per heavy atom. The summed E-state index contributed by atoms with van der Waals surface area (Å²) < 4.78 is 0. The summed E-state index contributed by atoms with van der Waals surface area (Å²) in [6, 6.07) is 13.8. The van der Waals surface area contributed by atoms with Gasteiger partial charge >= 0.3 is 0 Å². The second-order valence-corrected chi connectivity index (χ2v) is 6.37. The SMILES string of the molecule is CN1CCN(c2ccccc2Cc2ccc(C(N)=O)cc2N)CC1. The van der Waals surface area contributed by atoms with E-state index in [1.54, 1.807) is 12.1 Å². The second-order valence-electron chi connectivity index (χ2n) is 6.37. The highest BCUT2D eigenvalue weighted by Gasteiger charge is 2.17. The fraction of sp³-hybridized carbons (Fsp3) is 0.316. The zero-order chi connectivity index (χ0) is 17.1. The standard InChI is InChI=1S/C19H24N4O/c1-22-8-10-23(11-9-22)18-5-3-2-4-15(18)12-14-6-7-16(19(21)24)13-17(14)20/h2-7,13H,8-12,20H2,1H3,(H2,21,24). The van der Waals surface area contributed by atoms with Crippen LogP contribution in [0.15, 0.2) is 42.5 Å². The lowest BCUT2D eigenvalue weighted by atomic mass is 9.99. The van der Waals surface area contributed by atoms with Gasteiger partial charge in [-0.2, -0.15) is 0 Å². The number of nitrogens with two attached hydrogens (primary N) is 2. The van der Waals surface area contributed by atoms with Crippen LogP contribution in [0.1, 0.15) is 21.5 Å². The number of carbonyl (C=O) groups excluding carboxylic acids is 1. The molecule has 0 saturated carbocycles. The molecule has 1 aliphatic heterocycles. The number of carbonyl (C=O) groups is 1. The third-order valence-corrected chi connectivity index (χ3v) is 4.65. The van der Waals surface area contributed by atoms with E-state index in [1.165, 1.54) is 11.3 Å². The molecule has 4 N–H and O–H groups in total. The largest absolute Gasteiger partial charge is 0.398 e.